The minimum absolute atomic E-state index is 0.00878. The number of piperidine rings is 1. The van der Waals surface area contributed by atoms with Gasteiger partial charge < -0.3 is 15.1 Å². The van der Waals surface area contributed by atoms with E-state index in [-0.39, 0.29) is 35.9 Å². The van der Waals surface area contributed by atoms with Crippen LogP contribution in [0.5, 0.6) is 5.88 Å². The molecule has 1 aromatic heterocycles. The van der Waals surface area contributed by atoms with Crippen LogP contribution < -0.4 is 4.87 Å². The highest BCUT2D eigenvalue weighted by Gasteiger charge is 2.27. The molecule has 1 aromatic carbocycles. The largest absolute Gasteiger partial charge is 0.493 e. The van der Waals surface area contributed by atoms with Gasteiger partial charge in [0.05, 0.1) is 10.6 Å². The third-order valence-electron chi connectivity index (χ3n) is 5.44. The van der Waals surface area contributed by atoms with Crippen LogP contribution in [0.25, 0.3) is 11.6 Å². The van der Waals surface area contributed by atoms with Gasteiger partial charge in [-0.2, -0.15) is 0 Å². The molecule has 1 amide bonds. The lowest BCUT2D eigenvalue weighted by atomic mass is 9.99. The highest BCUT2D eigenvalue weighted by Crippen LogP contribution is 2.34. The number of hydrogen-bond acceptors (Lipinski definition) is 6. The Bertz CT molecular complexity index is 1030. The van der Waals surface area contributed by atoms with E-state index in [2.05, 4.69) is 4.99 Å². The number of aliphatic hydroxyl groups excluding tert-OH is 1. The number of likely N-dealkylation sites (tertiary alicyclic amines) is 1. The molecule has 8 heteroatoms. The number of thiazole rings is 1. The second kappa shape index (κ2) is 8.34. The first-order chi connectivity index (χ1) is 14.1. The second-order valence-electron chi connectivity index (χ2n) is 7.27. The Morgan fingerprint density at radius 1 is 1.31 bits per heavy atom. The number of nitrogens with zero attached hydrogens (tertiary/aromatic N) is 3. The Kier molecular flexibility index (Phi) is 5.64. The fourth-order valence-electron chi connectivity index (χ4n) is 3.95. The zero-order chi connectivity index (χ0) is 20.4. The summed E-state index contributed by atoms with van der Waals surface area (Å²) in [7, 11) is 0. The van der Waals surface area contributed by atoms with Crippen LogP contribution in [0.3, 0.4) is 0 Å². The van der Waals surface area contributed by atoms with Crippen LogP contribution in [0, 0.1) is 0 Å². The number of hydrogen-bond donors (Lipinski definition) is 2. The molecule has 1 fully saturated rings. The maximum atomic E-state index is 12.8. The van der Waals surface area contributed by atoms with Gasteiger partial charge in [0.1, 0.15) is 6.54 Å². The molecule has 152 valence electrons. The van der Waals surface area contributed by atoms with Crippen LogP contribution in [0.15, 0.2) is 34.1 Å². The standard InChI is InChI=1S/C21H23N3O4S/c25-10-8-15-5-3-4-9-23(15)19(26)13-24-20(27)18(29-21(24)28)11-14-12-22-17-7-2-1-6-16(14)17/h1-2,6-7,11-12,15,25,27H,3-5,8-10,13H2. The normalized spacial score (nSPS) is 19.7. The maximum absolute atomic E-state index is 12.8. The number of rotatable bonds is 5. The molecular weight excluding hydrogens is 390 g/mol. The number of para-hydroxylation sites is 1. The highest BCUT2D eigenvalue weighted by atomic mass is 32.1. The summed E-state index contributed by atoms with van der Waals surface area (Å²) in [6.07, 6.45) is 6.76. The summed E-state index contributed by atoms with van der Waals surface area (Å²) >= 11 is 0.911. The van der Waals surface area contributed by atoms with Crippen molar-refractivity contribution >= 4 is 40.8 Å². The first-order valence-electron chi connectivity index (χ1n) is 9.76. The number of aliphatic hydroxyl groups is 1. The van der Waals surface area contributed by atoms with Gasteiger partial charge in [-0.1, -0.05) is 29.5 Å². The number of aliphatic imine (C=N–C) groups is 1. The summed E-state index contributed by atoms with van der Waals surface area (Å²) in [4.78, 5) is 31.4. The van der Waals surface area contributed by atoms with Crippen LogP contribution in [-0.2, 0) is 11.3 Å². The Balaban J connectivity index is 1.57. The van der Waals surface area contributed by atoms with Crippen LogP contribution in [0.1, 0.15) is 36.1 Å². The molecule has 0 spiro atoms. The van der Waals surface area contributed by atoms with Gasteiger partial charge in [0.25, 0.3) is 0 Å². The molecule has 0 radical (unpaired) electrons. The third-order valence-corrected chi connectivity index (χ3v) is 6.36. The zero-order valence-corrected chi connectivity index (χ0v) is 16.8. The summed E-state index contributed by atoms with van der Waals surface area (Å²) in [6.45, 7) is 0.448. The number of fused-ring (bicyclic) bond motifs is 1. The molecule has 2 aliphatic rings. The van der Waals surface area contributed by atoms with Crippen molar-refractivity contribution in [2.24, 2.45) is 4.99 Å². The minimum atomic E-state index is -0.373. The van der Waals surface area contributed by atoms with Crippen molar-refractivity contribution in [2.45, 2.75) is 38.3 Å². The van der Waals surface area contributed by atoms with Crippen LogP contribution in [0.4, 0.5) is 5.69 Å². The fourth-order valence-corrected chi connectivity index (χ4v) is 4.78. The monoisotopic (exact) mass is 413 g/mol. The van der Waals surface area contributed by atoms with E-state index in [0.717, 1.165) is 52.0 Å². The molecule has 2 aromatic rings. The SMILES string of the molecule is O=C(Cn1c(O)c(C=C2C=Nc3ccccc32)sc1=O)N1CCCCC1CCO. The van der Waals surface area contributed by atoms with E-state index in [1.54, 1.807) is 17.2 Å². The van der Waals surface area contributed by atoms with Gasteiger partial charge in [-0.25, -0.2) is 0 Å². The second-order valence-corrected chi connectivity index (χ2v) is 8.26. The molecule has 0 saturated carbocycles. The van der Waals surface area contributed by atoms with E-state index in [1.165, 1.54) is 0 Å². The first kappa shape index (κ1) is 19.6. The van der Waals surface area contributed by atoms with Crippen LogP contribution in [0.2, 0.25) is 0 Å². The third kappa shape index (κ3) is 3.90. The molecule has 1 saturated heterocycles. The average Bonchev–Trinajstić information content (AvgIpc) is 3.25. The van der Waals surface area contributed by atoms with E-state index < -0.39 is 0 Å². The van der Waals surface area contributed by atoms with E-state index >= 15 is 0 Å². The van der Waals surface area contributed by atoms with Gasteiger partial charge in [0, 0.05) is 36.5 Å². The number of carbonyl (C=O) groups is 1. The van der Waals surface area contributed by atoms with E-state index in [9.17, 15) is 19.8 Å². The molecule has 2 N–H and O–H groups in total. The molecule has 7 nitrogen and oxygen atoms in total. The molecule has 29 heavy (non-hydrogen) atoms. The summed E-state index contributed by atoms with van der Waals surface area (Å²) in [5, 5.41) is 19.9. The highest BCUT2D eigenvalue weighted by molar-refractivity contribution is 7.10. The molecule has 2 aliphatic heterocycles. The molecule has 1 unspecified atom stereocenters. The van der Waals surface area contributed by atoms with Gasteiger partial charge in [0.2, 0.25) is 11.8 Å². The van der Waals surface area contributed by atoms with Crippen molar-refractivity contribution in [1.82, 2.24) is 9.47 Å². The summed E-state index contributed by atoms with van der Waals surface area (Å²) in [6, 6.07) is 7.65. The predicted octanol–water partition coefficient (Wildman–Crippen LogP) is 2.64. The zero-order valence-electron chi connectivity index (χ0n) is 16.0. The van der Waals surface area contributed by atoms with Crippen molar-refractivity contribution in [2.75, 3.05) is 13.2 Å². The number of allylic oxidation sites excluding steroid dienone is 1. The quantitative estimate of drug-likeness (QED) is 0.788. The number of benzene rings is 1. The minimum Gasteiger partial charge on any atom is -0.493 e. The molecular formula is C21H23N3O4S. The van der Waals surface area contributed by atoms with Gasteiger partial charge in [-0.3, -0.25) is 19.1 Å². The lowest BCUT2D eigenvalue weighted by molar-refractivity contribution is -0.136. The Labute approximate surface area is 172 Å². The maximum Gasteiger partial charge on any atom is 0.311 e. The smallest absolute Gasteiger partial charge is 0.311 e. The van der Waals surface area contributed by atoms with Crippen molar-refractivity contribution in [3.8, 4) is 5.88 Å². The predicted molar refractivity (Wildman–Crippen MR) is 114 cm³/mol. The summed E-state index contributed by atoms with van der Waals surface area (Å²) < 4.78 is 1.13. The number of aromatic hydroxyl groups is 1. The molecule has 0 aliphatic carbocycles. The average molecular weight is 413 g/mol. The van der Waals surface area contributed by atoms with Gasteiger partial charge in [-0.05, 0) is 37.8 Å². The Hall–Kier alpha value is -2.71. The fraction of sp³-hybridized carbons (Fsp3) is 0.381. The van der Waals surface area contributed by atoms with Crippen molar-refractivity contribution in [1.29, 1.82) is 0 Å². The molecule has 0 bridgehead atoms. The van der Waals surface area contributed by atoms with E-state index in [4.69, 9.17) is 0 Å². The lowest BCUT2D eigenvalue weighted by Gasteiger charge is -2.35. The Morgan fingerprint density at radius 2 is 2.14 bits per heavy atom. The number of amides is 1. The lowest BCUT2D eigenvalue weighted by Crippen LogP contribution is -2.46. The van der Waals surface area contributed by atoms with E-state index in [1.807, 2.05) is 24.3 Å². The van der Waals surface area contributed by atoms with Crippen molar-refractivity contribution in [3.05, 3.63) is 44.4 Å². The topological polar surface area (TPSA) is 95.1 Å². The molecule has 1 atom stereocenters. The van der Waals surface area contributed by atoms with Crippen molar-refractivity contribution < 1.29 is 15.0 Å². The van der Waals surface area contributed by atoms with Gasteiger partial charge in [-0.15, -0.1) is 0 Å². The van der Waals surface area contributed by atoms with Crippen LogP contribution in [-0.4, -0.2) is 51.0 Å². The summed E-state index contributed by atoms with van der Waals surface area (Å²) in [5.74, 6) is -0.403. The van der Waals surface area contributed by atoms with Gasteiger partial charge in [0.15, 0.2) is 0 Å². The van der Waals surface area contributed by atoms with Crippen molar-refractivity contribution in [3.63, 3.8) is 0 Å². The first-order valence-corrected chi connectivity index (χ1v) is 10.6. The Morgan fingerprint density at radius 3 is 2.97 bits per heavy atom. The van der Waals surface area contributed by atoms with Crippen LogP contribution >= 0.6 is 11.3 Å². The van der Waals surface area contributed by atoms with Gasteiger partial charge >= 0.3 is 4.87 Å². The molecule has 4 rings (SSSR count). The number of carbonyl (C=O) groups excluding carboxylic acids is 1. The summed E-state index contributed by atoms with van der Waals surface area (Å²) in [5.41, 5.74) is 2.60. The molecule has 3 heterocycles. The van der Waals surface area contributed by atoms with E-state index in [0.29, 0.717) is 17.8 Å². The number of aromatic nitrogens is 1.